The lowest BCUT2D eigenvalue weighted by Gasteiger charge is -2.33. The third-order valence-electron chi connectivity index (χ3n) is 3.04. The van der Waals surface area contributed by atoms with Gasteiger partial charge in [0.25, 0.3) is 0 Å². The van der Waals surface area contributed by atoms with Crippen LogP contribution in [-0.4, -0.2) is 53.6 Å². The number of nitrogens with zero attached hydrogens (tertiary/aromatic N) is 2. The van der Waals surface area contributed by atoms with Crippen molar-refractivity contribution in [2.75, 3.05) is 26.7 Å². The number of carbonyl (C=O) groups is 2. The number of hydrogen-bond acceptors (Lipinski definition) is 2. The van der Waals surface area contributed by atoms with Gasteiger partial charge in [0.05, 0.1) is 6.42 Å². The second-order valence-electron chi connectivity index (χ2n) is 4.52. The van der Waals surface area contributed by atoms with Crippen molar-refractivity contribution >= 4 is 12.0 Å². The molecule has 1 fully saturated rings. The van der Waals surface area contributed by atoms with Crippen LogP contribution < -0.4 is 0 Å². The Hall–Kier alpha value is -1.26. The number of carbonyl (C=O) groups excluding carboxylic acids is 1. The zero-order valence-electron chi connectivity index (χ0n) is 9.98. The molecule has 5 nitrogen and oxygen atoms in total. The number of amides is 2. The van der Waals surface area contributed by atoms with Crippen molar-refractivity contribution in [1.82, 2.24) is 9.80 Å². The molecule has 0 aromatic heterocycles. The molecule has 0 bridgehead atoms. The zero-order valence-corrected chi connectivity index (χ0v) is 9.98. The highest BCUT2D eigenvalue weighted by atomic mass is 16.4. The maximum Gasteiger partial charge on any atom is 0.319 e. The summed E-state index contributed by atoms with van der Waals surface area (Å²) in [5.74, 6) is -0.180. The molecule has 92 valence electrons. The molecule has 1 N–H and O–H groups in total. The van der Waals surface area contributed by atoms with E-state index in [9.17, 15) is 9.59 Å². The van der Waals surface area contributed by atoms with E-state index in [1.165, 1.54) is 4.90 Å². The standard InChI is InChI=1S/C11H20N2O3/c1-9-3-7-13(8-4-9)11(16)12(2)6-5-10(14)15/h9H,3-8H2,1-2H3,(H,14,15). The van der Waals surface area contributed by atoms with Gasteiger partial charge < -0.3 is 14.9 Å². The Morgan fingerprint density at radius 1 is 1.38 bits per heavy atom. The third kappa shape index (κ3) is 3.72. The van der Waals surface area contributed by atoms with Crippen LogP contribution in [0.4, 0.5) is 4.79 Å². The fourth-order valence-electron chi connectivity index (χ4n) is 1.80. The number of carboxylic acid groups (broad SMARTS) is 1. The molecule has 0 radical (unpaired) electrons. The van der Waals surface area contributed by atoms with Gasteiger partial charge in [-0.25, -0.2) is 4.79 Å². The molecular weight excluding hydrogens is 208 g/mol. The lowest BCUT2D eigenvalue weighted by atomic mass is 10.00. The molecule has 0 spiro atoms. The van der Waals surface area contributed by atoms with Crippen molar-refractivity contribution in [1.29, 1.82) is 0 Å². The van der Waals surface area contributed by atoms with Crippen LogP contribution in [0.5, 0.6) is 0 Å². The molecular formula is C11H20N2O3. The molecule has 5 heteroatoms. The van der Waals surface area contributed by atoms with E-state index in [0.717, 1.165) is 25.9 Å². The molecule has 1 saturated heterocycles. The fraction of sp³-hybridized carbons (Fsp3) is 0.818. The molecule has 1 heterocycles. The van der Waals surface area contributed by atoms with Crippen molar-refractivity contribution in [3.8, 4) is 0 Å². The molecule has 0 aliphatic carbocycles. The Balaban J connectivity index is 2.35. The van der Waals surface area contributed by atoms with E-state index in [2.05, 4.69) is 6.92 Å². The molecule has 1 aliphatic rings. The van der Waals surface area contributed by atoms with Gasteiger partial charge in [-0.3, -0.25) is 4.79 Å². The van der Waals surface area contributed by atoms with Gasteiger partial charge in [-0.1, -0.05) is 6.92 Å². The number of urea groups is 1. The first-order chi connectivity index (χ1) is 7.50. The molecule has 0 saturated carbocycles. The van der Waals surface area contributed by atoms with Gasteiger partial charge in [-0.05, 0) is 18.8 Å². The van der Waals surface area contributed by atoms with E-state index in [1.54, 1.807) is 7.05 Å². The monoisotopic (exact) mass is 228 g/mol. The Labute approximate surface area is 96.0 Å². The first kappa shape index (κ1) is 12.8. The highest BCUT2D eigenvalue weighted by molar-refractivity contribution is 5.75. The second-order valence-corrected chi connectivity index (χ2v) is 4.52. The summed E-state index contributed by atoms with van der Waals surface area (Å²) in [6.07, 6.45) is 2.09. The summed E-state index contributed by atoms with van der Waals surface area (Å²) in [6, 6.07) is -0.0480. The molecule has 0 unspecified atom stereocenters. The van der Waals surface area contributed by atoms with Crippen LogP contribution in [0.1, 0.15) is 26.2 Å². The third-order valence-corrected chi connectivity index (χ3v) is 3.04. The quantitative estimate of drug-likeness (QED) is 0.790. The number of rotatable bonds is 3. The minimum atomic E-state index is -0.869. The van der Waals surface area contributed by atoms with Gasteiger partial charge in [0.1, 0.15) is 0 Å². The Morgan fingerprint density at radius 2 is 1.94 bits per heavy atom. The summed E-state index contributed by atoms with van der Waals surface area (Å²) >= 11 is 0. The summed E-state index contributed by atoms with van der Waals surface area (Å²) in [7, 11) is 1.66. The van der Waals surface area contributed by atoms with Gasteiger partial charge in [0.2, 0.25) is 0 Å². The molecule has 0 aromatic carbocycles. The summed E-state index contributed by atoms with van der Waals surface area (Å²) in [5, 5.41) is 8.54. The van der Waals surface area contributed by atoms with Gasteiger partial charge >= 0.3 is 12.0 Å². The number of likely N-dealkylation sites (tertiary alicyclic amines) is 1. The first-order valence-electron chi connectivity index (χ1n) is 5.72. The summed E-state index contributed by atoms with van der Waals surface area (Å²) < 4.78 is 0. The summed E-state index contributed by atoms with van der Waals surface area (Å²) in [6.45, 7) is 4.05. The molecule has 0 atom stereocenters. The van der Waals surface area contributed by atoms with Gasteiger partial charge in [-0.15, -0.1) is 0 Å². The SMILES string of the molecule is CC1CCN(C(=O)N(C)CCC(=O)O)CC1. The van der Waals surface area contributed by atoms with Crippen LogP contribution in [0.2, 0.25) is 0 Å². The predicted octanol–water partition coefficient (Wildman–Crippen LogP) is 1.24. The summed E-state index contributed by atoms with van der Waals surface area (Å²) in [4.78, 5) is 25.6. The van der Waals surface area contributed by atoms with E-state index in [1.807, 2.05) is 4.90 Å². The minimum absolute atomic E-state index is 0.00643. The van der Waals surface area contributed by atoms with Gasteiger partial charge in [0.15, 0.2) is 0 Å². The maximum atomic E-state index is 11.9. The van der Waals surface area contributed by atoms with Crippen LogP contribution in [-0.2, 0) is 4.79 Å². The highest BCUT2D eigenvalue weighted by Crippen LogP contribution is 2.16. The zero-order chi connectivity index (χ0) is 12.1. The van der Waals surface area contributed by atoms with Crippen molar-refractivity contribution in [2.24, 2.45) is 5.92 Å². The van der Waals surface area contributed by atoms with E-state index >= 15 is 0 Å². The van der Waals surface area contributed by atoms with Crippen molar-refractivity contribution in [2.45, 2.75) is 26.2 Å². The van der Waals surface area contributed by atoms with E-state index in [4.69, 9.17) is 5.11 Å². The van der Waals surface area contributed by atoms with Crippen LogP contribution >= 0.6 is 0 Å². The number of hydrogen-bond donors (Lipinski definition) is 1. The lowest BCUT2D eigenvalue weighted by Crippen LogP contribution is -2.45. The van der Waals surface area contributed by atoms with Crippen molar-refractivity contribution in [3.63, 3.8) is 0 Å². The summed E-state index contributed by atoms with van der Waals surface area (Å²) in [5.41, 5.74) is 0. The topological polar surface area (TPSA) is 60.9 Å². The second kappa shape index (κ2) is 5.72. The average molecular weight is 228 g/mol. The Kier molecular flexibility index (Phi) is 4.58. The van der Waals surface area contributed by atoms with Gasteiger partial charge in [0, 0.05) is 26.7 Å². The maximum absolute atomic E-state index is 11.9. The van der Waals surface area contributed by atoms with E-state index < -0.39 is 5.97 Å². The number of carboxylic acids is 1. The van der Waals surface area contributed by atoms with Crippen molar-refractivity contribution < 1.29 is 14.7 Å². The first-order valence-corrected chi connectivity index (χ1v) is 5.72. The molecule has 0 aromatic rings. The minimum Gasteiger partial charge on any atom is -0.481 e. The smallest absolute Gasteiger partial charge is 0.319 e. The van der Waals surface area contributed by atoms with Gasteiger partial charge in [-0.2, -0.15) is 0 Å². The average Bonchev–Trinajstić information content (AvgIpc) is 2.26. The molecule has 1 rings (SSSR count). The number of piperidine rings is 1. The highest BCUT2D eigenvalue weighted by Gasteiger charge is 2.22. The van der Waals surface area contributed by atoms with E-state index in [0.29, 0.717) is 5.92 Å². The molecule has 2 amide bonds. The number of aliphatic carboxylic acids is 1. The molecule has 16 heavy (non-hydrogen) atoms. The normalized spacial score (nSPS) is 17.2. The fourth-order valence-corrected chi connectivity index (χ4v) is 1.80. The van der Waals surface area contributed by atoms with E-state index in [-0.39, 0.29) is 19.0 Å². The Morgan fingerprint density at radius 3 is 2.44 bits per heavy atom. The van der Waals surface area contributed by atoms with Crippen LogP contribution in [0.15, 0.2) is 0 Å². The van der Waals surface area contributed by atoms with Crippen LogP contribution in [0.3, 0.4) is 0 Å². The van der Waals surface area contributed by atoms with Crippen LogP contribution in [0, 0.1) is 5.92 Å². The largest absolute Gasteiger partial charge is 0.481 e. The Bertz CT molecular complexity index is 260. The molecule has 1 aliphatic heterocycles. The van der Waals surface area contributed by atoms with Crippen molar-refractivity contribution in [3.05, 3.63) is 0 Å². The predicted molar refractivity (Wildman–Crippen MR) is 60.2 cm³/mol. The van der Waals surface area contributed by atoms with Crippen LogP contribution in [0.25, 0.3) is 0 Å². The lowest BCUT2D eigenvalue weighted by molar-refractivity contribution is -0.137.